The summed E-state index contributed by atoms with van der Waals surface area (Å²) in [6.45, 7) is 1.42. The number of rotatable bonds is 6. The number of ether oxygens (including phenoxy) is 3. The first-order chi connectivity index (χ1) is 16.2. The summed E-state index contributed by atoms with van der Waals surface area (Å²) in [4.78, 5) is 13.2. The van der Waals surface area contributed by atoms with Crippen LogP contribution in [0, 0.1) is 0 Å². The zero-order chi connectivity index (χ0) is 22.6. The van der Waals surface area contributed by atoms with Crippen molar-refractivity contribution >= 4 is 5.91 Å². The maximum Gasteiger partial charge on any atom is 0.255 e. The number of nitrogens with one attached hydrogen (secondary N) is 1. The summed E-state index contributed by atoms with van der Waals surface area (Å²) >= 11 is 0. The van der Waals surface area contributed by atoms with E-state index >= 15 is 0 Å². The summed E-state index contributed by atoms with van der Waals surface area (Å²) in [6.07, 6.45) is 1.76. The Bertz CT molecular complexity index is 1270. The van der Waals surface area contributed by atoms with Gasteiger partial charge in [0.2, 0.25) is 0 Å². The molecule has 4 aromatic rings. The number of methoxy groups -OCH3 is 1. The Labute approximate surface area is 191 Å². The Morgan fingerprint density at radius 3 is 2.52 bits per heavy atom. The predicted molar refractivity (Wildman–Crippen MR) is 124 cm³/mol. The number of nitrogens with zero attached hydrogens (tertiary/aromatic N) is 2. The van der Waals surface area contributed by atoms with Crippen molar-refractivity contribution in [1.29, 1.82) is 0 Å². The summed E-state index contributed by atoms with van der Waals surface area (Å²) in [5, 5.41) is 7.72. The fourth-order valence-electron chi connectivity index (χ4n) is 3.69. The minimum absolute atomic E-state index is 0.210. The highest BCUT2D eigenvalue weighted by molar-refractivity contribution is 6.00. The number of carbonyl (C=O) groups is 1. The largest absolute Gasteiger partial charge is 0.497 e. The van der Waals surface area contributed by atoms with Gasteiger partial charge in [0, 0.05) is 18.3 Å². The van der Waals surface area contributed by atoms with Gasteiger partial charge in [-0.3, -0.25) is 4.79 Å². The number of amides is 1. The van der Waals surface area contributed by atoms with Crippen LogP contribution in [0.3, 0.4) is 0 Å². The Kier molecular flexibility index (Phi) is 5.68. The van der Waals surface area contributed by atoms with Crippen molar-refractivity contribution in [2.75, 3.05) is 20.3 Å². The van der Waals surface area contributed by atoms with Gasteiger partial charge in [0.05, 0.1) is 18.4 Å². The van der Waals surface area contributed by atoms with E-state index < -0.39 is 0 Å². The van der Waals surface area contributed by atoms with Gasteiger partial charge < -0.3 is 19.5 Å². The molecule has 3 aromatic carbocycles. The molecule has 0 aliphatic carbocycles. The molecule has 0 spiro atoms. The van der Waals surface area contributed by atoms with Gasteiger partial charge in [-0.1, -0.05) is 24.3 Å². The summed E-state index contributed by atoms with van der Waals surface area (Å²) in [5.74, 6) is 1.95. The van der Waals surface area contributed by atoms with Crippen LogP contribution < -0.4 is 19.5 Å². The van der Waals surface area contributed by atoms with Crippen molar-refractivity contribution in [2.24, 2.45) is 0 Å². The van der Waals surface area contributed by atoms with E-state index in [1.165, 1.54) is 0 Å². The Morgan fingerprint density at radius 2 is 1.76 bits per heavy atom. The first-order valence-electron chi connectivity index (χ1n) is 10.7. The average Bonchev–Trinajstić information content (AvgIpc) is 3.33. The topological polar surface area (TPSA) is 74.6 Å². The monoisotopic (exact) mass is 441 g/mol. The fraction of sp³-hybridized carbons (Fsp3) is 0.154. The van der Waals surface area contributed by atoms with E-state index in [4.69, 9.17) is 19.3 Å². The second-order valence-electron chi connectivity index (χ2n) is 7.56. The Balaban J connectivity index is 1.42. The minimum atomic E-state index is -0.210. The van der Waals surface area contributed by atoms with E-state index in [-0.39, 0.29) is 5.91 Å². The van der Waals surface area contributed by atoms with Gasteiger partial charge in [0.1, 0.15) is 24.7 Å². The molecule has 7 nitrogen and oxygen atoms in total. The molecule has 0 unspecified atom stereocenters. The lowest BCUT2D eigenvalue weighted by atomic mass is 10.1. The smallest absolute Gasteiger partial charge is 0.255 e. The average molecular weight is 441 g/mol. The normalized spacial score (nSPS) is 12.3. The van der Waals surface area contributed by atoms with Gasteiger partial charge >= 0.3 is 0 Å². The minimum Gasteiger partial charge on any atom is -0.497 e. The van der Waals surface area contributed by atoms with Crippen molar-refractivity contribution in [3.05, 3.63) is 90.1 Å². The highest BCUT2D eigenvalue weighted by Crippen LogP contribution is 2.31. The summed E-state index contributed by atoms with van der Waals surface area (Å²) in [5.41, 5.74) is 3.71. The van der Waals surface area contributed by atoms with Gasteiger partial charge in [-0.05, 0) is 54.1 Å². The molecule has 5 rings (SSSR count). The van der Waals surface area contributed by atoms with Gasteiger partial charge in [-0.15, -0.1) is 0 Å². The highest BCUT2D eigenvalue weighted by atomic mass is 16.6. The van der Waals surface area contributed by atoms with E-state index in [9.17, 15) is 4.79 Å². The fourth-order valence-corrected chi connectivity index (χ4v) is 3.69. The summed E-state index contributed by atoms with van der Waals surface area (Å²) in [7, 11) is 1.62. The number of hydrogen-bond donors (Lipinski definition) is 1. The Hall–Kier alpha value is -4.26. The summed E-state index contributed by atoms with van der Waals surface area (Å²) in [6, 6.07) is 22.9. The van der Waals surface area contributed by atoms with Crippen LogP contribution >= 0.6 is 0 Å². The molecule has 0 radical (unpaired) electrons. The molecule has 1 N–H and O–H groups in total. The standard InChI is InChI=1S/C26H23N3O4/c1-31-21-10-8-19(9-11-21)25-22(17-29(28-25)20-5-3-2-4-6-20)26(30)27-16-18-7-12-23-24(15-18)33-14-13-32-23/h2-12,15,17H,13-14,16H2,1H3,(H,27,30). The van der Waals surface area contributed by atoms with Crippen molar-refractivity contribution in [1.82, 2.24) is 15.1 Å². The SMILES string of the molecule is COc1ccc(-c2nn(-c3ccccc3)cc2C(=O)NCc2ccc3c(c2)OCCO3)cc1. The molecule has 2 heterocycles. The van der Waals surface area contributed by atoms with Crippen LogP contribution in [0.1, 0.15) is 15.9 Å². The Morgan fingerprint density at radius 1 is 1.00 bits per heavy atom. The molecule has 1 aromatic heterocycles. The molecule has 1 amide bonds. The molecule has 0 bridgehead atoms. The van der Waals surface area contributed by atoms with Gasteiger partial charge in [0.15, 0.2) is 11.5 Å². The zero-order valence-corrected chi connectivity index (χ0v) is 18.2. The first kappa shape index (κ1) is 20.6. The number of hydrogen-bond acceptors (Lipinski definition) is 5. The number of benzene rings is 3. The van der Waals surface area contributed by atoms with Gasteiger partial charge in [0.25, 0.3) is 5.91 Å². The molecule has 1 aliphatic heterocycles. The van der Waals surface area contributed by atoms with Crippen LogP contribution in [0.2, 0.25) is 0 Å². The molecule has 0 fully saturated rings. The number of carbonyl (C=O) groups excluding carboxylic acids is 1. The van der Waals surface area contributed by atoms with E-state index in [1.54, 1.807) is 18.0 Å². The molecular formula is C26H23N3O4. The van der Waals surface area contributed by atoms with Crippen LogP contribution in [0.15, 0.2) is 79.0 Å². The lowest BCUT2D eigenvalue weighted by Crippen LogP contribution is -2.23. The molecular weight excluding hydrogens is 418 g/mol. The second kappa shape index (κ2) is 9.08. The predicted octanol–water partition coefficient (Wildman–Crippen LogP) is 4.25. The van der Waals surface area contributed by atoms with Crippen LogP contribution in [0.25, 0.3) is 16.9 Å². The lowest BCUT2D eigenvalue weighted by Gasteiger charge is -2.19. The number of aromatic nitrogens is 2. The molecule has 0 saturated carbocycles. The molecule has 33 heavy (non-hydrogen) atoms. The van der Waals surface area contributed by atoms with Crippen LogP contribution in [-0.2, 0) is 6.54 Å². The van der Waals surface area contributed by atoms with Crippen molar-refractivity contribution in [3.63, 3.8) is 0 Å². The third kappa shape index (κ3) is 4.39. The van der Waals surface area contributed by atoms with Crippen LogP contribution in [0.5, 0.6) is 17.2 Å². The maximum absolute atomic E-state index is 13.2. The second-order valence-corrected chi connectivity index (χ2v) is 7.56. The number of fused-ring (bicyclic) bond motifs is 1. The van der Waals surface area contributed by atoms with Gasteiger partial charge in [-0.25, -0.2) is 4.68 Å². The quantitative estimate of drug-likeness (QED) is 0.484. The van der Waals surface area contributed by atoms with Crippen molar-refractivity contribution in [2.45, 2.75) is 6.54 Å². The van der Waals surface area contributed by atoms with Crippen molar-refractivity contribution in [3.8, 4) is 34.2 Å². The highest BCUT2D eigenvalue weighted by Gasteiger charge is 2.19. The zero-order valence-electron chi connectivity index (χ0n) is 18.2. The van der Waals surface area contributed by atoms with Crippen LogP contribution in [-0.4, -0.2) is 36.0 Å². The third-order valence-corrected chi connectivity index (χ3v) is 5.40. The third-order valence-electron chi connectivity index (χ3n) is 5.40. The molecule has 0 saturated heterocycles. The van der Waals surface area contributed by atoms with E-state index in [1.807, 2.05) is 72.8 Å². The van der Waals surface area contributed by atoms with E-state index in [0.29, 0.717) is 36.8 Å². The molecule has 0 atom stereocenters. The summed E-state index contributed by atoms with van der Waals surface area (Å²) < 4.78 is 18.2. The van der Waals surface area contributed by atoms with Gasteiger partial charge in [-0.2, -0.15) is 5.10 Å². The molecule has 7 heteroatoms. The molecule has 1 aliphatic rings. The van der Waals surface area contributed by atoms with E-state index in [0.717, 1.165) is 28.3 Å². The number of para-hydroxylation sites is 1. The lowest BCUT2D eigenvalue weighted by molar-refractivity contribution is 0.0951. The molecule has 166 valence electrons. The first-order valence-corrected chi connectivity index (χ1v) is 10.7. The van der Waals surface area contributed by atoms with Crippen LogP contribution in [0.4, 0.5) is 0 Å². The van der Waals surface area contributed by atoms with Crippen molar-refractivity contribution < 1.29 is 19.0 Å². The maximum atomic E-state index is 13.2. The van der Waals surface area contributed by atoms with E-state index in [2.05, 4.69) is 5.32 Å².